The molecule has 2 aromatic heterocycles. The van der Waals surface area contributed by atoms with Gasteiger partial charge in [-0.25, -0.2) is 4.98 Å². The van der Waals surface area contributed by atoms with Crippen LogP contribution in [0.1, 0.15) is 41.1 Å². The smallest absolute Gasteiger partial charge is 0.262 e. The van der Waals surface area contributed by atoms with Crippen LogP contribution < -0.4 is 16.0 Å². The molecule has 0 unspecified atom stereocenters. The summed E-state index contributed by atoms with van der Waals surface area (Å²) in [4.78, 5) is 31.5. The van der Waals surface area contributed by atoms with Crippen LogP contribution in [0.4, 0.5) is 0 Å². The first kappa shape index (κ1) is 18.7. The topological polar surface area (TPSA) is 87.2 Å². The van der Waals surface area contributed by atoms with Crippen molar-refractivity contribution in [3.8, 4) is 5.75 Å². The standard InChI is InChI=1S/C21H23N3O3S/c1-27-14-9-7-13(8-10-14)12-18-23-20-19(15-4-2-5-16(15)28-20)21(26)24(18)11-3-6-17(22)25/h7-10H,2-6,11-12H2,1H3,(H2,22,25). The van der Waals surface area contributed by atoms with Crippen molar-refractivity contribution < 1.29 is 9.53 Å². The molecular formula is C21H23N3O3S. The van der Waals surface area contributed by atoms with E-state index in [-0.39, 0.29) is 17.9 Å². The molecule has 1 aliphatic carbocycles. The van der Waals surface area contributed by atoms with E-state index in [9.17, 15) is 9.59 Å². The number of fused-ring (bicyclic) bond motifs is 3. The van der Waals surface area contributed by atoms with Crippen LogP contribution in [-0.2, 0) is 30.6 Å². The molecule has 0 saturated heterocycles. The van der Waals surface area contributed by atoms with Crippen molar-refractivity contribution in [1.29, 1.82) is 0 Å². The Balaban J connectivity index is 1.75. The Morgan fingerprint density at radius 2 is 2.07 bits per heavy atom. The van der Waals surface area contributed by atoms with Crippen molar-refractivity contribution in [2.75, 3.05) is 7.11 Å². The molecular weight excluding hydrogens is 374 g/mol. The van der Waals surface area contributed by atoms with Crippen LogP contribution in [0, 0.1) is 0 Å². The van der Waals surface area contributed by atoms with Gasteiger partial charge in [-0.2, -0.15) is 0 Å². The molecule has 0 atom stereocenters. The van der Waals surface area contributed by atoms with E-state index in [0.717, 1.165) is 46.6 Å². The number of methoxy groups -OCH3 is 1. The summed E-state index contributed by atoms with van der Waals surface area (Å²) in [5.74, 6) is 1.17. The van der Waals surface area contributed by atoms with E-state index in [1.807, 2.05) is 24.3 Å². The highest BCUT2D eigenvalue weighted by Gasteiger charge is 2.23. The molecule has 0 fully saturated rings. The van der Waals surface area contributed by atoms with E-state index in [1.54, 1.807) is 23.0 Å². The van der Waals surface area contributed by atoms with Gasteiger partial charge in [0, 0.05) is 24.3 Å². The number of nitrogens with zero attached hydrogens (tertiary/aromatic N) is 2. The number of benzene rings is 1. The van der Waals surface area contributed by atoms with Gasteiger partial charge in [0.2, 0.25) is 5.91 Å². The summed E-state index contributed by atoms with van der Waals surface area (Å²) >= 11 is 1.65. The Bertz CT molecular complexity index is 1080. The van der Waals surface area contributed by atoms with E-state index < -0.39 is 0 Å². The SMILES string of the molecule is COc1ccc(Cc2nc3sc4c(c3c(=O)n2CCCC(N)=O)CCC4)cc1. The average molecular weight is 398 g/mol. The lowest BCUT2D eigenvalue weighted by Gasteiger charge is -2.13. The number of carbonyl (C=O) groups is 1. The van der Waals surface area contributed by atoms with Gasteiger partial charge in [-0.3, -0.25) is 14.2 Å². The van der Waals surface area contributed by atoms with Crippen molar-refractivity contribution in [2.24, 2.45) is 5.73 Å². The summed E-state index contributed by atoms with van der Waals surface area (Å²) in [7, 11) is 1.64. The van der Waals surface area contributed by atoms with Crippen LogP contribution >= 0.6 is 11.3 Å². The molecule has 0 spiro atoms. The molecule has 1 aliphatic rings. The Morgan fingerprint density at radius 3 is 2.79 bits per heavy atom. The van der Waals surface area contributed by atoms with Crippen LogP contribution in [0.5, 0.6) is 5.75 Å². The quantitative estimate of drug-likeness (QED) is 0.664. The lowest BCUT2D eigenvalue weighted by Crippen LogP contribution is -2.26. The fraction of sp³-hybridized carbons (Fsp3) is 0.381. The largest absolute Gasteiger partial charge is 0.497 e. The minimum Gasteiger partial charge on any atom is -0.497 e. The number of rotatable bonds is 7. The molecule has 0 bridgehead atoms. The first-order valence-corrected chi connectivity index (χ1v) is 10.3. The van der Waals surface area contributed by atoms with Crippen LogP contribution in [0.3, 0.4) is 0 Å². The summed E-state index contributed by atoms with van der Waals surface area (Å²) < 4.78 is 6.95. The summed E-state index contributed by atoms with van der Waals surface area (Å²) in [6, 6.07) is 7.78. The van der Waals surface area contributed by atoms with Crippen molar-refractivity contribution in [2.45, 2.75) is 45.1 Å². The maximum atomic E-state index is 13.3. The van der Waals surface area contributed by atoms with Gasteiger partial charge in [-0.15, -0.1) is 11.3 Å². The third-order valence-electron chi connectivity index (χ3n) is 5.23. The summed E-state index contributed by atoms with van der Waals surface area (Å²) in [5, 5.41) is 0.773. The molecule has 0 aliphatic heterocycles. The number of amides is 1. The van der Waals surface area contributed by atoms with Crippen molar-refractivity contribution in [3.05, 3.63) is 56.4 Å². The van der Waals surface area contributed by atoms with E-state index in [0.29, 0.717) is 19.4 Å². The van der Waals surface area contributed by atoms with E-state index in [4.69, 9.17) is 15.5 Å². The van der Waals surface area contributed by atoms with Gasteiger partial charge in [0.15, 0.2) is 0 Å². The van der Waals surface area contributed by atoms with Gasteiger partial charge >= 0.3 is 0 Å². The summed E-state index contributed by atoms with van der Waals surface area (Å²) in [5.41, 5.74) is 7.52. The molecule has 6 nitrogen and oxygen atoms in total. The van der Waals surface area contributed by atoms with Crippen LogP contribution in [0.25, 0.3) is 10.2 Å². The lowest BCUT2D eigenvalue weighted by molar-refractivity contribution is -0.118. The summed E-state index contributed by atoms with van der Waals surface area (Å²) in [6.07, 6.45) is 4.43. The number of nitrogens with two attached hydrogens (primary N) is 1. The molecule has 4 rings (SSSR count). The average Bonchev–Trinajstić information content (AvgIpc) is 3.25. The number of thiophene rings is 1. The molecule has 1 aromatic carbocycles. The molecule has 2 N–H and O–H groups in total. The molecule has 2 heterocycles. The normalized spacial score (nSPS) is 13.0. The number of aromatic nitrogens is 2. The van der Waals surface area contributed by atoms with E-state index in [1.165, 1.54) is 10.4 Å². The fourth-order valence-corrected chi connectivity index (χ4v) is 5.09. The van der Waals surface area contributed by atoms with Gasteiger partial charge in [0.05, 0.1) is 12.5 Å². The number of hydrogen-bond donors (Lipinski definition) is 1. The van der Waals surface area contributed by atoms with Gasteiger partial charge in [-0.1, -0.05) is 12.1 Å². The number of hydrogen-bond acceptors (Lipinski definition) is 5. The molecule has 7 heteroatoms. The first-order valence-electron chi connectivity index (χ1n) is 9.52. The molecule has 0 saturated carbocycles. The predicted molar refractivity (Wildman–Crippen MR) is 110 cm³/mol. The molecule has 146 valence electrons. The van der Waals surface area contributed by atoms with Gasteiger partial charge < -0.3 is 10.5 Å². The Morgan fingerprint density at radius 1 is 1.29 bits per heavy atom. The number of ether oxygens (including phenoxy) is 1. The van der Waals surface area contributed by atoms with Crippen LogP contribution in [-0.4, -0.2) is 22.6 Å². The van der Waals surface area contributed by atoms with Crippen molar-refractivity contribution in [1.82, 2.24) is 9.55 Å². The minimum atomic E-state index is -0.352. The second kappa shape index (κ2) is 7.75. The molecule has 28 heavy (non-hydrogen) atoms. The third kappa shape index (κ3) is 3.54. The molecule has 3 aromatic rings. The monoisotopic (exact) mass is 397 g/mol. The zero-order valence-electron chi connectivity index (χ0n) is 15.9. The van der Waals surface area contributed by atoms with Gasteiger partial charge in [-0.05, 0) is 48.9 Å². The van der Waals surface area contributed by atoms with Gasteiger partial charge in [0.25, 0.3) is 5.56 Å². The Labute approximate surface area is 167 Å². The minimum absolute atomic E-state index is 0.0115. The Hall–Kier alpha value is -2.67. The second-order valence-electron chi connectivity index (χ2n) is 7.12. The first-order chi connectivity index (χ1) is 13.6. The maximum Gasteiger partial charge on any atom is 0.262 e. The molecule has 0 radical (unpaired) electrons. The zero-order valence-corrected chi connectivity index (χ0v) is 16.7. The van der Waals surface area contributed by atoms with Crippen LogP contribution in [0.2, 0.25) is 0 Å². The highest BCUT2D eigenvalue weighted by atomic mass is 32.1. The molecule has 1 amide bonds. The van der Waals surface area contributed by atoms with E-state index >= 15 is 0 Å². The fourth-order valence-electron chi connectivity index (χ4n) is 3.82. The highest BCUT2D eigenvalue weighted by Crippen LogP contribution is 2.35. The number of aryl methyl sites for hydroxylation is 2. The van der Waals surface area contributed by atoms with Crippen LogP contribution in [0.15, 0.2) is 29.1 Å². The number of carbonyl (C=O) groups excluding carboxylic acids is 1. The Kier molecular flexibility index (Phi) is 5.17. The second-order valence-corrected chi connectivity index (χ2v) is 8.20. The van der Waals surface area contributed by atoms with Gasteiger partial charge in [0.1, 0.15) is 16.4 Å². The van der Waals surface area contributed by atoms with Crippen molar-refractivity contribution >= 4 is 27.5 Å². The lowest BCUT2D eigenvalue weighted by atomic mass is 10.1. The highest BCUT2D eigenvalue weighted by molar-refractivity contribution is 7.18. The predicted octanol–water partition coefficient (Wildman–Crippen LogP) is 2.81. The number of primary amides is 1. The summed E-state index contributed by atoms with van der Waals surface area (Å²) in [6.45, 7) is 0.445. The maximum absolute atomic E-state index is 13.3. The van der Waals surface area contributed by atoms with E-state index in [2.05, 4.69) is 0 Å². The third-order valence-corrected chi connectivity index (χ3v) is 6.42. The zero-order chi connectivity index (χ0) is 19.7. The van der Waals surface area contributed by atoms with Crippen molar-refractivity contribution in [3.63, 3.8) is 0 Å².